The maximum Gasteiger partial charge on any atom is 0.164 e. The summed E-state index contributed by atoms with van der Waals surface area (Å²) in [5.41, 5.74) is 11.6. The molecule has 4 aromatic heterocycles. The third kappa shape index (κ3) is 5.08. The van der Waals surface area contributed by atoms with Crippen LogP contribution < -0.4 is 0 Å². The molecule has 12 rings (SSSR count). The van der Waals surface area contributed by atoms with E-state index in [9.17, 15) is 0 Å². The third-order valence-electron chi connectivity index (χ3n) is 11.1. The molecule has 0 bridgehead atoms. The molecule has 0 N–H and O–H groups in total. The summed E-state index contributed by atoms with van der Waals surface area (Å²) >= 11 is 0. The van der Waals surface area contributed by atoms with Gasteiger partial charge in [0.05, 0.1) is 11.0 Å². The fourth-order valence-electron chi connectivity index (χ4n) is 8.33. The van der Waals surface area contributed by atoms with Crippen molar-refractivity contribution in [2.24, 2.45) is 0 Å². The van der Waals surface area contributed by atoms with E-state index in [1.54, 1.807) is 0 Å². The van der Waals surface area contributed by atoms with Crippen LogP contribution in [0.5, 0.6) is 0 Å². The Balaban J connectivity index is 1.02. The van der Waals surface area contributed by atoms with E-state index >= 15 is 0 Å². The van der Waals surface area contributed by atoms with Crippen molar-refractivity contribution < 1.29 is 8.83 Å². The van der Waals surface area contributed by atoms with Gasteiger partial charge in [-0.3, -0.25) is 0 Å². The second kappa shape index (κ2) is 12.3. The van der Waals surface area contributed by atoms with Crippen LogP contribution in [0, 0.1) is 0 Å². The fraction of sp³-hybridized carbons (Fsp3) is 0. The zero-order valence-electron chi connectivity index (χ0n) is 30.4. The number of furan rings is 2. The normalized spacial score (nSPS) is 11.9. The van der Waals surface area contributed by atoms with Gasteiger partial charge in [0.25, 0.3) is 0 Å². The van der Waals surface area contributed by atoms with Crippen molar-refractivity contribution in [3.8, 4) is 51.0 Å². The van der Waals surface area contributed by atoms with Gasteiger partial charge in [-0.25, -0.2) is 15.0 Å². The van der Waals surface area contributed by atoms with Crippen LogP contribution in [0.2, 0.25) is 0 Å². The molecule has 12 aromatic rings. The van der Waals surface area contributed by atoms with Gasteiger partial charge in [0, 0.05) is 54.7 Å². The fourth-order valence-corrected chi connectivity index (χ4v) is 8.33. The van der Waals surface area contributed by atoms with Crippen LogP contribution >= 0.6 is 0 Å². The first kappa shape index (κ1) is 31.5. The van der Waals surface area contributed by atoms with E-state index in [1.165, 1.54) is 10.8 Å². The second-order valence-corrected chi connectivity index (χ2v) is 14.4. The first-order chi connectivity index (χ1) is 28.2. The van der Waals surface area contributed by atoms with Crippen molar-refractivity contribution >= 4 is 65.7 Å². The molecule has 0 aliphatic heterocycles. The minimum absolute atomic E-state index is 0.579. The number of nitrogens with zero attached hydrogens (tertiary/aromatic N) is 4. The van der Waals surface area contributed by atoms with Gasteiger partial charge in [0.15, 0.2) is 17.5 Å². The Morgan fingerprint density at radius 3 is 1.63 bits per heavy atom. The number of rotatable bonds is 5. The summed E-state index contributed by atoms with van der Waals surface area (Å²) in [4.78, 5) is 15.2. The highest BCUT2D eigenvalue weighted by molar-refractivity contribution is 6.11. The Hall–Kier alpha value is -7.83. The molecule has 0 spiro atoms. The lowest BCUT2D eigenvalue weighted by Gasteiger charge is -2.12. The number of para-hydroxylation sites is 3. The van der Waals surface area contributed by atoms with Crippen molar-refractivity contribution in [3.05, 3.63) is 182 Å². The summed E-state index contributed by atoms with van der Waals surface area (Å²) in [6.07, 6.45) is 0. The Morgan fingerprint density at radius 1 is 0.298 bits per heavy atom. The van der Waals surface area contributed by atoms with Crippen LogP contribution in [0.15, 0.2) is 191 Å². The van der Waals surface area contributed by atoms with Crippen molar-refractivity contribution in [2.45, 2.75) is 0 Å². The average molecular weight is 731 g/mol. The lowest BCUT2D eigenvalue weighted by atomic mass is 10.0. The molecule has 57 heavy (non-hydrogen) atoms. The first-order valence-electron chi connectivity index (χ1n) is 19.0. The van der Waals surface area contributed by atoms with E-state index in [1.807, 2.05) is 66.7 Å². The summed E-state index contributed by atoms with van der Waals surface area (Å²) in [5.74, 6) is 1.78. The predicted molar refractivity (Wildman–Crippen MR) is 230 cm³/mol. The largest absolute Gasteiger partial charge is 0.456 e. The van der Waals surface area contributed by atoms with Gasteiger partial charge < -0.3 is 13.4 Å². The highest BCUT2D eigenvalue weighted by atomic mass is 16.3. The van der Waals surface area contributed by atoms with Gasteiger partial charge in [0.2, 0.25) is 0 Å². The van der Waals surface area contributed by atoms with Gasteiger partial charge in [-0.15, -0.1) is 0 Å². The molecule has 266 valence electrons. The molecule has 6 nitrogen and oxygen atoms in total. The molecule has 0 saturated carbocycles. The Kier molecular flexibility index (Phi) is 6.83. The molecule has 0 amide bonds. The number of benzene rings is 8. The maximum atomic E-state index is 6.26. The molecule has 0 radical (unpaired) electrons. The lowest BCUT2D eigenvalue weighted by Crippen LogP contribution is -2.01. The lowest BCUT2D eigenvalue weighted by molar-refractivity contribution is 0.668. The van der Waals surface area contributed by atoms with E-state index < -0.39 is 0 Å². The zero-order chi connectivity index (χ0) is 37.5. The van der Waals surface area contributed by atoms with Gasteiger partial charge in [0.1, 0.15) is 22.3 Å². The molecular weight excluding hydrogens is 701 g/mol. The molecular formula is C51H30N4O2. The molecule has 6 heteroatoms. The van der Waals surface area contributed by atoms with Crippen molar-refractivity contribution in [1.29, 1.82) is 0 Å². The van der Waals surface area contributed by atoms with Gasteiger partial charge in [-0.2, -0.15) is 0 Å². The molecule has 0 aliphatic carbocycles. The molecule has 0 fully saturated rings. The number of aromatic nitrogens is 4. The monoisotopic (exact) mass is 730 g/mol. The van der Waals surface area contributed by atoms with Crippen molar-refractivity contribution in [1.82, 2.24) is 19.5 Å². The van der Waals surface area contributed by atoms with E-state index in [4.69, 9.17) is 23.8 Å². The smallest absolute Gasteiger partial charge is 0.164 e. The first-order valence-corrected chi connectivity index (χ1v) is 19.0. The van der Waals surface area contributed by atoms with Crippen molar-refractivity contribution in [3.63, 3.8) is 0 Å². The van der Waals surface area contributed by atoms with Crippen LogP contribution in [-0.2, 0) is 0 Å². The Labute approximate surface area is 325 Å². The van der Waals surface area contributed by atoms with E-state index in [0.717, 1.165) is 88.4 Å². The molecule has 0 saturated heterocycles. The van der Waals surface area contributed by atoms with Gasteiger partial charge in [-0.1, -0.05) is 121 Å². The average Bonchev–Trinajstić information content (AvgIpc) is 3.95. The van der Waals surface area contributed by atoms with E-state index in [-0.39, 0.29) is 0 Å². The maximum absolute atomic E-state index is 6.26. The van der Waals surface area contributed by atoms with Crippen LogP contribution in [-0.4, -0.2) is 19.5 Å². The molecule has 0 aliphatic rings. The number of hydrogen-bond acceptors (Lipinski definition) is 5. The second-order valence-electron chi connectivity index (χ2n) is 14.4. The number of fused-ring (bicyclic) bond motifs is 9. The van der Waals surface area contributed by atoms with Crippen LogP contribution in [0.25, 0.3) is 117 Å². The quantitative estimate of drug-likeness (QED) is 0.176. The molecule has 0 atom stereocenters. The van der Waals surface area contributed by atoms with Gasteiger partial charge in [-0.05, 0) is 71.8 Å². The van der Waals surface area contributed by atoms with Gasteiger partial charge >= 0.3 is 0 Å². The molecule has 4 heterocycles. The minimum Gasteiger partial charge on any atom is -0.456 e. The summed E-state index contributed by atoms with van der Waals surface area (Å²) in [7, 11) is 0. The highest BCUT2D eigenvalue weighted by Gasteiger charge is 2.18. The summed E-state index contributed by atoms with van der Waals surface area (Å²) in [6, 6.07) is 62.9. The number of hydrogen-bond donors (Lipinski definition) is 0. The Bertz CT molecular complexity index is 3540. The molecule has 0 unspecified atom stereocenters. The Morgan fingerprint density at radius 2 is 0.825 bits per heavy atom. The van der Waals surface area contributed by atoms with Crippen molar-refractivity contribution in [2.75, 3.05) is 0 Å². The van der Waals surface area contributed by atoms with E-state index in [0.29, 0.717) is 17.5 Å². The van der Waals surface area contributed by atoms with Crippen LogP contribution in [0.3, 0.4) is 0 Å². The summed E-state index contributed by atoms with van der Waals surface area (Å²) < 4.78 is 14.8. The standard InChI is InChI=1S/C51H30N4O2/c1-2-11-31(12-3-1)49-52-50(54-51(53-49)35-22-25-41-39-16-5-8-19-45(39)57-48(41)30-35)34-13-10-14-36(27-34)55-43-18-7-4-15-37(43)38-24-21-33(29-44(38)55)32-23-26-47-42(28-32)40-17-6-9-20-46(40)56-47/h1-30H. The summed E-state index contributed by atoms with van der Waals surface area (Å²) in [5, 5.41) is 6.75. The van der Waals surface area contributed by atoms with Crippen LogP contribution in [0.1, 0.15) is 0 Å². The summed E-state index contributed by atoms with van der Waals surface area (Å²) in [6.45, 7) is 0. The third-order valence-corrected chi connectivity index (χ3v) is 11.1. The predicted octanol–water partition coefficient (Wildman–Crippen LogP) is 13.4. The van der Waals surface area contributed by atoms with E-state index in [2.05, 4.69) is 120 Å². The topological polar surface area (TPSA) is 69.9 Å². The minimum atomic E-state index is 0.579. The zero-order valence-corrected chi connectivity index (χ0v) is 30.4. The molecule has 8 aromatic carbocycles. The van der Waals surface area contributed by atoms with Crippen LogP contribution in [0.4, 0.5) is 0 Å². The SMILES string of the molecule is c1ccc(-c2nc(-c3cccc(-n4c5ccccc5c5ccc(-c6ccc7oc8ccccc8c7c6)cc54)c3)nc(-c3ccc4c(c3)oc3ccccc34)n2)cc1. The highest BCUT2D eigenvalue weighted by Crippen LogP contribution is 2.38.